The van der Waals surface area contributed by atoms with Gasteiger partial charge in [0.1, 0.15) is 7.75 Å². The predicted molar refractivity (Wildman–Crippen MR) is 51.8 cm³/mol. The second-order valence-corrected chi connectivity index (χ2v) is 13.3. The Labute approximate surface area is 65.6 Å². The van der Waals surface area contributed by atoms with Crippen LogP contribution in [0.3, 0.4) is 0 Å². The summed E-state index contributed by atoms with van der Waals surface area (Å²) >= 11 is 0. The molecule has 1 rings (SSSR count). The van der Waals surface area contributed by atoms with Crippen LogP contribution in [-0.2, 0) is 0 Å². The summed E-state index contributed by atoms with van der Waals surface area (Å²) in [6, 6.07) is 10.4. The van der Waals surface area contributed by atoms with Gasteiger partial charge in [0, 0.05) is 9.76 Å². The van der Waals surface area contributed by atoms with Crippen molar-refractivity contribution in [2.24, 2.45) is 5.40 Å². The molecule has 1 atom stereocenters. The zero-order valence-electron chi connectivity index (χ0n) is 6.46. The maximum Gasteiger partial charge on any atom is 0.129 e. The Morgan fingerprint density at radius 1 is 1.30 bits per heavy atom. The summed E-state index contributed by atoms with van der Waals surface area (Å²) in [5.74, 6) is 0. The van der Waals surface area contributed by atoms with Gasteiger partial charge in [0.15, 0.2) is 0 Å². The Hall–Kier alpha value is -0.386. The highest BCUT2D eigenvalue weighted by Crippen LogP contribution is 1.89. The third-order valence-corrected chi connectivity index (χ3v) is 5.07. The first-order valence-electron chi connectivity index (χ1n) is 3.45. The molecule has 0 aliphatic heterocycles. The second kappa shape index (κ2) is 2.69. The fraction of sp³-hybridized carbons (Fsp3) is 0.143. The SMILES string of the molecule is C[Si](N)([SiH3])c1ccccc1. The topological polar surface area (TPSA) is 26.0 Å². The summed E-state index contributed by atoms with van der Waals surface area (Å²) in [4.78, 5) is 0. The first kappa shape index (κ1) is 7.72. The molecule has 0 aliphatic rings. The molecule has 54 valence electrons. The standard InChI is InChI=1S/C7H13NSi2/c1-10(8,9)7-5-3-2-4-6-7/h2-6H,8H2,1,9H3. The van der Waals surface area contributed by atoms with Crippen LogP contribution in [0.4, 0.5) is 0 Å². The molecule has 0 saturated heterocycles. The molecule has 1 aromatic rings. The lowest BCUT2D eigenvalue weighted by Crippen LogP contribution is -2.55. The lowest BCUT2D eigenvalue weighted by molar-refractivity contribution is 1.68. The monoisotopic (exact) mass is 167 g/mol. The Morgan fingerprint density at radius 3 is 2.10 bits per heavy atom. The molecule has 0 aliphatic carbocycles. The molecule has 0 amide bonds. The minimum atomic E-state index is -1.39. The molecule has 1 unspecified atom stereocenters. The molecule has 0 bridgehead atoms. The molecule has 0 fully saturated rings. The fourth-order valence-electron chi connectivity index (χ4n) is 0.868. The first-order chi connectivity index (χ1) is 4.61. The molecule has 3 heteroatoms. The normalized spacial score (nSPS) is 16.6. The van der Waals surface area contributed by atoms with E-state index in [-0.39, 0.29) is 0 Å². The Bertz CT molecular complexity index is 203. The van der Waals surface area contributed by atoms with E-state index in [1.165, 1.54) is 5.19 Å². The van der Waals surface area contributed by atoms with Crippen LogP contribution in [-0.4, -0.2) is 17.5 Å². The van der Waals surface area contributed by atoms with Gasteiger partial charge in [-0.3, -0.25) is 0 Å². The molecule has 0 spiro atoms. The van der Waals surface area contributed by atoms with E-state index >= 15 is 0 Å². The van der Waals surface area contributed by atoms with E-state index in [1.807, 2.05) is 6.07 Å². The van der Waals surface area contributed by atoms with Gasteiger partial charge in [-0.1, -0.05) is 36.9 Å². The molecule has 0 heterocycles. The Kier molecular flexibility index (Phi) is 2.08. The summed E-state index contributed by atoms with van der Waals surface area (Å²) in [6.45, 7) is 2.20. The summed E-state index contributed by atoms with van der Waals surface area (Å²) < 4.78 is 0. The van der Waals surface area contributed by atoms with Crippen LogP contribution >= 0.6 is 0 Å². The van der Waals surface area contributed by atoms with Crippen LogP contribution in [0.2, 0.25) is 6.55 Å². The second-order valence-electron chi connectivity index (χ2n) is 3.09. The van der Waals surface area contributed by atoms with Crippen molar-refractivity contribution >= 4 is 22.7 Å². The van der Waals surface area contributed by atoms with E-state index in [4.69, 9.17) is 5.40 Å². The molecule has 0 saturated carbocycles. The highest BCUT2D eigenvalue weighted by atomic mass is 29.2. The predicted octanol–water partition coefficient (Wildman–Crippen LogP) is -0.710. The number of hydrogen-bond acceptors (Lipinski definition) is 1. The van der Waals surface area contributed by atoms with Gasteiger partial charge in [0.05, 0.1) is 0 Å². The van der Waals surface area contributed by atoms with E-state index < -0.39 is 7.75 Å². The van der Waals surface area contributed by atoms with Gasteiger partial charge in [-0.05, 0) is 5.19 Å². The quantitative estimate of drug-likeness (QED) is 0.550. The van der Waals surface area contributed by atoms with Crippen LogP contribution in [0.25, 0.3) is 0 Å². The lowest BCUT2D eigenvalue weighted by Gasteiger charge is -2.15. The van der Waals surface area contributed by atoms with Gasteiger partial charge < -0.3 is 5.40 Å². The minimum Gasteiger partial charge on any atom is -0.350 e. The maximum atomic E-state index is 6.06. The Balaban J connectivity index is 2.97. The number of rotatable bonds is 1. The molecule has 2 N–H and O–H groups in total. The van der Waals surface area contributed by atoms with Gasteiger partial charge in [-0.2, -0.15) is 0 Å². The van der Waals surface area contributed by atoms with Crippen LogP contribution in [0.15, 0.2) is 30.3 Å². The lowest BCUT2D eigenvalue weighted by atomic mass is 10.4. The van der Waals surface area contributed by atoms with Crippen molar-refractivity contribution in [2.75, 3.05) is 0 Å². The van der Waals surface area contributed by atoms with E-state index in [1.54, 1.807) is 0 Å². The van der Waals surface area contributed by atoms with Crippen molar-refractivity contribution < 1.29 is 0 Å². The van der Waals surface area contributed by atoms with Gasteiger partial charge in [-0.25, -0.2) is 0 Å². The number of nitrogens with two attached hydrogens (primary N) is 1. The van der Waals surface area contributed by atoms with Gasteiger partial charge in [-0.15, -0.1) is 0 Å². The van der Waals surface area contributed by atoms with Gasteiger partial charge in [0.2, 0.25) is 0 Å². The van der Waals surface area contributed by atoms with Gasteiger partial charge >= 0.3 is 0 Å². The smallest absolute Gasteiger partial charge is 0.129 e. The van der Waals surface area contributed by atoms with Crippen LogP contribution < -0.4 is 10.6 Å². The Morgan fingerprint density at radius 2 is 1.80 bits per heavy atom. The van der Waals surface area contributed by atoms with E-state index in [0.29, 0.717) is 0 Å². The average molecular weight is 167 g/mol. The molecule has 0 aromatic heterocycles. The zero-order valence-corrected chi connectivity index (χ0v) is 9.46. The molecular weight excluding hydrogens is 154 g/mol. The summed E-state index contributed by atoms with van der Waals surface area (Å²) in [6.07, 6.45) is 0. The van der Waals surface area contributed by atoms with Crippen molar-refractivity contribution in [3.8, 4) is 0 Å². The summed E-state index contributed by atoms with van der Waals surface area (Å²) in [7, 11) is -0.262. The summed E-state index contributed by atoms with van der Waals surface area (Å²) in [5, 5.41) is 7.43. The molecular formula is C7H13NSi2. The van der Waals surface area contributed by atoms with Crippen molar-refractivity contribution in [3.05, 3.63) is 30.3 Å². The van der Waals surface area contributed by atoms with Crippen LogP contribution in [0, 0.1) is 0 Å². The first-order valence-corrected chi connectivity index (χ1v) is 9.53. The molecule has 0 radical (unpaired) electrons. The largest absolute Gasteiger partial charge is 0.350 e. The molecule has 10 heavy (non-hydrogen) atoms. The number of hydrogen-bond donors (Lipinski definition) is 1. The highest BCUT2D eigenvalue weighted by molar-refractivity contribution is 7.22. The minimum absolute atomic E-state index is 1.13. The maximum absolute atomic E-state index is 6.06. The van der Waals surface area contributed by atoms with E-state index in [2.05, 4.69) is 30.8 Å². The van der Waals surface area contributed by atoms with Gasteiger partial charge in [0.25, 0.3) is 0 Å². The molecule has 1 nitrogen and oxygen atoms in total. The van der Waals surface area contributed by atoms with Crippen LogP contribution in [0.5, 0.6) is 0 Å². The van der Waals surface area contributed by atoms with Crippen LogP contribution in [0.1, 0.15) is 0 Å². The summed E-state index contributed by atoms with van der Waals surface area (Å²) in [5.41, 5.74) is 0. The van der Waals surface area contributed by atoms with Crippen molar-refractivity contribution in [3.63, 3.8) is 0 Å². The highest BCUT2D eigenvalue weighted by Gasteiger charge is 2.15. The average Bonchev–Trinajstić information content (AvgIpc) is 1.88. The third-order valence-electron chi connectivity index (χ3n) is 1.52. The fourth-order valence-corrected chi connectivity index (χ4v) is 2.92. The molecule has 1 aromatic carbocycles. The van der Waals surface area contributed by atoms with E-state index in [9.17, 15) is 0 Å². The van der Waals surface area contributed by atoms with Crippen molar-refractivity contribution in [1.29, 1.82) is 0 Å². The van der Waals surface area contributed by atoms with Crippen molar-refractivity contribution in [1.82, 2.24) is 0 Å². The number of benzene rings is 1. The zero-order chi connectivity index (χ0) is 7.61. The van der Waals surface area contributed by atoms with Crippen molar-refractivity contribution in [2.45, 2.75) is 6.55 Å². The third kappa shape index (κ3) is 1.80. The van der Waals surface area contributed by atoms with E-state index in [0.717, 1.165) is 9.76 Å².